The summed E-state index contributed by atoms with van der Waals surface area (Å²) in [6.45, 7) is 1.76. The maximum atomic E-state index is 12.8. The molecule has 6 heteroatoms. The minimum atomic E-state index is -0.218. The predicted octanol–water partition coefficient (Wildman–Crippen LogP) is 4.07. The van der Waals surface area contributed by atoms with Gasteiger partial charge in [-0.3, -0.25) is 9.69 Å². The second kappa shape index (κ2) is 7.60. The summed E-state index contributed by atoms with van der Waals surface area (Å²) in [6.07, 6.45) is 0. The molecule has 3 aromatic rings. The van der Waals surface area contributed by atoms with Crippen molar-refractivity contribution in [1.82, 2.24) is 4.98 Å². The minimum absolute atomic E-state index is 0.126. The molecular weight excluding hydrogens is 334 g/mol. The summed E-state index contributed by atoms with van der Waals surface area (Å²) in [6, 6.07) is 18.0. The monoisotopic (exact) mass is 349 g/mol. The molecule has 0 bridgehead atoms. The van der Waals surface area contributed by atoms with Gasteiger partial charge in [-0.1, -0.05) is 18.2 Å². The summed E-state index contributed by atoms with van der Waals surface area (Å²) in [4.78, 5) is 18.7. The molecule has 1 amide bonds. The fourth-order valence-electron chi connectivity index (χ4n) is 2.22. The number of hydrogen-bond donors (Lipinski definition) is 0. The molecule has 0 aliphatic heterocycles. The molecule has 1 aromatic heterocycles. The Kier molecular flexibility index (Phi) is 5.07. The standard InChI is InChI=1S/C19H15N3O2S/c1-14-13-25-19(21-14)22(16-5-3-2-4-6-16)18(23)12-24-17-9-7-15(11-20)8-10-17/h2-10,13H,12H2,1H3. The van der Waals surface area contributed by atoms with Crippen LogP contribution in [-0.2, 0) is 4.79 Å². The summed E-state index contributed by atoms with van der Waals surface area (Å²) in [5.74, 6) is 0.320. The fourth-order valence-corrected chi connectivity index (χ4v) is 3.06. The predicted molar refractivity (Wildman–Crippen MR) is 97.1 cm³/mol. The normalized spacial score (nSPS) is 10.1. The number of para-hydroxylation sites is 1. The van der Waals surface area contributed by atoms with Crippen molar-refractivity contribution in [2.24, 2.45) is 0 Å². The number of ether oxygens (including phenoxy) is 1. The molecule has 0 fully saturated rings. The van der Waals surface area contributed by atoms with E-state index >= 15 is 0 Å². The molecule has 25 heavy (non-hydrogen) atoms. The van der Waals surface area contributed by atoms with Crippen molar-refractivity contribution in [1.29, 1.82) is 5.26 Å². The zero-order valence-electron chi connectivity index (χ0n) is 13.5. The molecule has 0 N–H and O–H groups in total. The topological polar surface area (TPSA) is 66.2 Å². The van der Waals surface area contributed by atoms with Gasteiger partial charge in [0.05, 0.1) is 23.0 Å². The molecule has 0 saturated carbocycles. The van der Waals surface area contributed by atoms with Gasteiger partial charge < -0.3 is 4.74 Å². The van der Waals surface area contributed by atoms with Gasteiger partial charge in [0.1, 0.15) is 5.75 Å². The lowest BCUT2D eigenvalue weighted by Gasteiger charge is -2.20. The van der Waals surface area contributed by atoms with Crippen molar-refractivity contribution in [3.05, 3.63) is 71.2 Å². The van der Waals surface area contributed by atoms with E-state index in [0.29, 0.717) is 16.4 Å². The quantitative estimate of drug-likeness (QED) is 0.696. The molecular formula is C19H15N3O2S. The van der Waals surface area contributed by atoms with E-state index in [4.69, 9.17) is 10.00 Å². The van der Waals surface area contributed by atoms with E-state index in [0.717, 1.165) is 11.4 Å². The number of aryl methyl sites for hydroxylation is 1. The number of benzene rings is 2. The van der Waals surface area contributed by atoms with Gasteiger partial charge in [-0.25, -0.2) is 4.98 Å². The van der Waals surface area contributed by atoms with E-state index < -0.39 is 0 Å². The molecule has 0 unspecified atom stereocenters. The SMILES string of the molecule is Cc1csc(N(C(=O)COc2ccc(C#N)cc2)c2ccccc2)n1. The smallest absolute Gasteiger partial charge is 0.271 e. The van der Waals surface area contributed by atoms with Crippen molar-refractivity contribution in [3.63, 3.8) is 0 Å². The first kappa shape index (κ1) is 16.7. The average Bonchev–Trinajstić information content (AvgIpc) is 3.07. The molecule has 1 heterocycles. The number of carbonyl (C=O) groups is 1. The lowest BCUT2D eigenvalue weighted by molar-refractivity contribution is -0.119. The number of hydrogen-bond acceptors (Lipinski definition) is 5. The van der Waals surface area contributed by atoms with Crippen LogP contribution in [0.3, 0.4) is 0 Å². The third-order valence-corrected chi connectivity index (χ3v) is 4.35. The van der Waals surface area contributed by atoms with Crippen LogP contribution >= 0.6 is 11.3 Å². The van der Waals surface area contributed by atoms with Crippen LogP contribution in [0.25, 0.3) is 0 Å². The van der Waals surface area contributed by atoms with E-state index in [9.17, 15) is 4.79 Å². The highest BCUT2D eigenvalue weighted by molar-refractivity contribution is 7.14. The highest BCUT2D eigenvalue weighted by Crippen LogP contribution is 2.28. The van der Waals surface area contributed by atoms with Crippen LogP contribution in [-0.4, -0.2) is 17.5 Å². The van der Waals surface area contributed by atoms with Gasteiger partial charge in [0, 0.05) is 5.38 Å². The van der Waals surface area contributed by atoms with Gasteiger partial charge in [-0.2, -0.15) is 5.26 Å². The van der Waals surface area contributed by atoms with Crippen LogP contribution in [0, 0.1) is 18.3 Å². The van der Waals surface area contributed by atoms with Crippen molar-refractivity contribution in [3.8, 4) is 11.8 Å². The van der Waals surface area contributed by atoms with E-state index in [1.807, 2.05) is 48.7 Å². The minimum Gasteiger partial charge on any atom is -0.484 e. The van der Waals surface area contributed by atoms with E-state index in [1.165, 1.54) is 11.3 Å². The number of thiazole rings is 1. The van der Waals surface area contributed by atoms with Crippen LogP contribution in [0.2, 0.25) is 0 Å². The van der Waals surface area contributed by atoms with Gasteiger partial charge in [0.2, 0.25) is 0 Å². The third kappa shape index (κ3) is 4.03. The van der Waals surface area contributed by atoms with Crippen LogP contribution in [0.15, 0.2) is 60.0 Å². The molecule has 0 aliphatic rings. The van der Waals surface area contributed by atoms with Gasteiger partial charge >= 0.3 is 0 Å². The zero-order valence-corrected chi connectivity index (χ0v) is 14.4. The Morgan fingerprint density at radius 1 is 1.20 bits per heavy atom. The first-order valence-corrected chi connectivity index (χ1v) is 8.48. The molecule has 3 rings (SSSR count). The number of nitriles is 1. The van der Waals surface area contributed by atoms with Crippen LogP contribution < -0.4 is 9.64 Å². The van der Waals surface area contributed by atoms with Gasteiger partial charge in [-0.15, -0.1) is 11.3 Å². The highest BCUT2D eigenvalue weighted by atomic mass is 32.1. The molecule has 5 nitrogen and oxygen atoms in total. The summed E-state index contributed by atoms with van der Waals surface area (Å²) in [5, 5.41) is 11.3. The van der Waals surface area contributed by atoms with Gasteiger partial charge in [-0.05, 0) is 43.3 Å². The molecule has 0 saturated heterocycles. The van der Waals surface area contributed by atoms with Crippen molar-refractivity contribution in [2.45, 2.75) is 6.92 Å². The van der Waals surface area contributed by atoms with E-state index in [1.54, 1.807) is 29.2 Å². The molecule has 0 radical (unpaired) electrons. The molecule has 0 spiro atoms. The van der Waals surface area contributed by atoms with Crippen molar-refractivity contribution < 1.29 is 9.53 Å². The number of anilines is 2. The Bertz CT molecular complexity index is 898. The number of amides is 1. The number of rotatable bonds is 5. The Labute approximate surface area is 149 Å². The van der Waals surface area contributed by atoms with Gasteiger partial charge in [0.15, 0.2) is 11.7 Å². The fraction of sp³-hybridized carbons (Fsp3) is 0.105. The maximum Gasteiger partial charge on any atom is 0.271 e. The summed E-state index contributed by atoms with van der Waals surface area (Å²) in [5.41, 5.74) is 2.15. The lowest BCUT2D eigenvalue weighted by Crippen LogP contribution is -2.30. The third-order valence-electron chi connectivity index (χ3n) is 3.41. The zero-order chi connectivity index (χ0) is 17.6. The first-order chi connectivity index (χ1) is 12.2. The Morgan fingerprint density at radius 2 is 1.92 bits per heavy atom. The summed E-state index contributed by atoms with van der Waals surface area (Å²) in [7, 11) is 0. The van der Waals surface area contributed by atoms with Crippen molar-refractivity contribution >= 4 is 28.1 Å². The summed E-state index contributed by atoms with van der Waals surface area (Å²) < 4.78 is 5.57. The maximum absolute atomic E-state index is 12.8. The Morgan fingerprint density at radius 3 is 2.52 bits per heavy atom. The summed E-state index contributed by atoms with van der Waals surface area (Å²) >= 11 is 1.41. The van der Waals surface area contributed by atoms with E-state index in [2.05, 4.69) is 4.98 Å². The van der Waals surface area contributed by atoms with E-state index in [-0.39, 0.29) is 12.5 Å². The van der Waals surface area contributed by atoms with Crippen LogP contribution in [0.1, 0.15) is 11.3 Å². The molecule has 124 valence electrons. The highest BCUT2D eigenvalue weighted by Gasteiger charge is 2.21. The average molecular weight is 349 g/mol. The lowest BCUT2D eigenvalue weighted by atomic mass is 10.2. The second-order valence-electron chi connectivity index (χ2n) is 5.26. The van der Waals surface area contributed by atoms with Gasteiger partial charge in [0.25, 0.3) is 5.91 Å². The number of carbonyl (C=O) groups excluding carboxylic acids is 1. The molecule has 0 aliphatic carbocycles. The number of nitrogens with zero attached hydrogens (tertiary/aromatic N) is 3. The van der Waals surface area contributed by atoms with Crippen LogP contribution in [0.4, 0.5) is 10.8 Å². The number of aromatic nitrogens is 1. The Hall–Kier alpha value is -3.17. The Balaban J connectivity index is 1.78. The molecule has 0 atom stereocenters. The van der Waals surface area contributed by atoms with Crippen molar-refractivity contribution in [2.75, 3.05) is 11.5 Å². The largest absolute Gasteiger partial charge is 0.484 e. The molecule has 2 aromatic carbocycles. The van der Waals surface area contributed by atoms with Crippen LogP contribution in [0.5, 0.6) is 5.75 Å². The first-order valence-electron chi connectivity index (χ1n) is 7.60. The second-order valence-corrected chi connectivity index (χ2v) is 6.10.